The van der Waals surface area contributed by atoms with Crippen LogP contribution in [0.25, 0.3) is 11.0 Å². The van der Waals surface area contributed by atoms with E-state index in [9.17, 15) is 9.59 Å². The number of thioether (sulfide) groups is 1. The number of rotatable bonds is 5. The van der Waals surface area contributed by atoms with Crippen LogP contribution < -0.4 is 22.3 Å². The van der Waals surface area contributed by atoms with Gasteiger partial charge < -0.3 is 11.1 Å². The molecule has 0 aliphatic carbocycles. The lowest BCUT2D eigenvalue weighted by Crippen LogP contribution is -2.38. The summed E-state index contributed by atoms with van der Waals surface area (Å²) in [6, 6.07) is 7.80. The van der Waals surface area contributed by atoms with Crippen LogP contribution in [0.15, 0.2) is 38.9 Å². The first-order valence-corrected chi connectivity index (χ1v) is 11.9. The minimum absolute atomic E-state index is 0.0754. The first-order chi connectivity index (χ1) is 16.4. The summed E-state index contributed by atoms with van der Waals surface area (Å²) in [5.41, 5.74) is 6.87. The molecule has 0 saturated carbocycles. The monoisotopic (exact) mass is 493 g/mol. The van der Waals surface area contributed by atoms with E-state index in [0.29, 0.717) is 22.6 Å². The molecule has 0 amide bonds. The summed E-state index contributed by atoms with van der Waals surface area (Å²) >= 11 is 1.28. The van der Waals surface area contributed by atoms with Gasteiger partial charge in [-0.3, -0.25) is 13.9 Å². The summed E-state index contributed by atoms with van der Waals surface area (Å²) in [6.07, 6.45) is 0. The molecule has 0 atom stereocenters. The molecule has 1 aromatic carbocycles. The molecule has 4 rings (SSSR count). The van der Waals surface area contributed by atoms with Gasteiger partial charge in [-0.1, -0.05) is 50.2 Å². The lowest BCUT2D eigenvalue weighted by molar-refractivity contribution is 0.539. The quantitative estimate of drug-likeness (QED) is 0.314. The molecule has 0 aliphatic heterocycles. The van der Waals surface area contributed by atoms with Crippen LogP contribution in [-0.2, 0) is 25.3 Å². The van der Waals surface area contributed by atoms with Crippen molar-refractivity contribution in [1.82, 2.24) is 34.1 Å². The Bertz CT molecular complexity index is 1540. The lowest BCUT2D eigenvalue weighted by atomic mass is 9.96. The molecule has 0 aliphatic rings. The van der Waals surface area contributed by atoms with Crippen molar-refractivity contribution < 1.29 is 0 Å². The van der Waals surface area contributed by atoms with Crippen LogP contribution in [0.3, 0.4) is 0 Å². The fourth-order valence-electron chi connectivity index (χ4n) is 3.33. The molecule has 182 valence electrons. The predicted molar refractivity (Wildman–Crippen MR) is 137 cm³/mol. The average Bonchev–Trinajstić information content (AvgIpc) is 2.80. The van der Waals surface area contributed by atoms with E-state index in [4.69, 9.17) is 5.73 Å². The maximum atomic E-state index is 13.0. The summed E-state index contributed by atoms with van der Waals surface area (Å²) in [5, 5.41) is 3.85. The first kappa shape index (κ1) is 24.3. The lowest BCUT2D eigenvalue weighted by Gasteiger charge is -2.19. The van der Waals surface area contributed by atoms with Crippen molar-refractivity contribution in [3.63, 3.8) is 0 Å². The first-order valence-electron chi connectivity index (χ1n) is 10.9. The highest BCUT2D eigenvalue weighted by molar-refractivity contribution is 7.98. The van der Waals surface area contributed by atoms with Crippen molar-refractivity contribution in [2.75, 3.05) is 11.1 Å². The van der Waals surface area contributed by atoms with Crippen molar-refractivity contribution in [2.45, 2.75) is 43.9 Å². The van der Waals surface area contributed by atoms with Gasteiger partial charge in [-0.15, -0.1) is 0 Å². The standard InChI is InChI=1S/C23H27N9O2S/c1-12-7-9-13(10-8-12)25-21-27-14(26-20(24)30-21)11-35-17-15-16(28-19(29-17)23(2,3)4)31(5)22(34)32(6)18(15)33/h7-10H,11H2,1-6H3,(H3,24,25,26,27,30). The smallest absolute Gasteiger partial charge is 0.332 e. The molecule has 3 heterocycles. The topological polar surface area (TPSA) is 146 Å². The highest BCUT2D eigenvalue weighted by atomic mass is 32.2. The Kier molecular flexibility index (Phi) is 6.32. The third-order valence-electron chi connectivity index (χ3n) is 5.28. The minimum Gasteiger partial charge on any atom is -0.368 e. The molecule has 3 aromatic heterocycles. The number of fused-ring (bicyclic) bond motifs is 1. The van der Waals surface area contributed by atoms with Gasteiger partial charge in [0.15, 0.2) is 5.65 Å². The summed E-state index contributed by atoms with van der Waals surface area (Å²) in [6.45, 7) is 7.92. The van der Waals surface area contributed by atoms with Crippen molar-refractivity contribution in [1.29, 1.82) is 0 Å². The summed E-state index contributed by atoms with van der Waals surface area (Å²) in [4.78, 5) is 47.7. The fourth-order valence-corrected chi connectivity index (χ4v) is 4.19. The predicted octanol–water partition coefficient (Wildman–Crippen LogP) is 2.44. The van der Waals surface area contributed by atoms with Gasteiger partial charge in [-0.2, -0.15) is 15.0 Å². The van der Waals surface area contributed by atoms with Crippen LogP contribution in [0, 0.1) is 6.92 Å². The Morgan fingerprint density at radius 1 is 0.971 bits per heavy atom. The zero-order valence-electron chi connectivity index (χ0n) is 20.4. The maximum absolute atomic E-state index is 13.0. The SMILES string of the molecule is Cc1ccc(Nc2nc(N)nc(CSc3nc(C(C)(C)C)nc4c3c(=O)n(C)c(=O)n4C)n2)cc1. The van der Waals surface area contributed by atoms with E-state index in [-0.39, 0.29) is 22.7 Å². The highest BCUT2D eigenvalue weighted by Gasteiger charge is 2.24. The van der Waals surface area contributed by atoms with Crippen molar-refractivity contribution in [2.24, 2.45) is 14.1 Å². The second-order valence-corrected chi connectivity index (χ2v) is 10.2. The van der Waals surface area contributed by atoms with Crippen LogP contribution in [0.1, 0.15) is 38.0 Å². The number of benzene rings is 1. The van der Waals surface area contributed by atoms with E-state index in [2.05, 4.69) is 30.2 Å². The molecule has 0 unspecified atom stereocenters. The van der Waals surface area contributed by atoms with Crippen molar-refractivity contribution in [3.05, 3.63) is 62.3 Å². The number of hydrogen-bond donors (Lipinski definition) is 2. The van der Waals surface area contributed by atoms with Gasteiger partial charge in [0.1, 0.15) is 22.1 Å². The molecule has 0 radical (unpaired) electrons. The number of anilines is 3. The van der Waals surface area contributed by atoms with Crippen molar-refractivity contribution >= 4 is 40.4 Å². The number of aryl methyl sites for hydroxylation is 2. The van der Waals surface area contributed by atoms with Gasteiger partial charge >= 0.3 is 5.69 Å². The van der Waals surface area contributed by atoms with E-state index in [1.807, 2.05) is 52.0 Å². The molecular weight excluding hydrogens is 466 g/mol. The summed E-state index contributed by atoms with van der Waals surface area (Å²) < 4.78 is 2.42. The van der Waals surface area contributed by atoms with Gasteiger partial charge in [0, 0.05) is 25.2 Å². The summed E-state index contributed by atoms with van der Waals surface area (Å²) in [7, 11) is 3.03. The van der Waals surface area contributed by atoms with Crippen LogP contribution >= 0.6 is 11.8 Å². The minimum atomic E-state index is -0.456. The largest absolute Gasteiger partial charge is 0.368 e. The Labute approximate surface area is 205 Å². The maximum Gasteiger partial charge on any atom is 0.332 e. The fraction of sp³-hybridized carbons (Fsp3) is 0.348. The number of aromatic nitrogens is 7. The van der Waals surface area contributed by atoms with Gasteiger partial charge in [-0.05, 0) is 19.1 Å². The zero-order chi connectivity index (χ0) is 25.5. The Morgan fingerprint density at radius 2 is 1.66 bits per heavy atom. The Morgan fingerprint density at radius 3 is 2.31 bits per heavy atom. The zero-order valence-corrected chi connectivity index (χ0v) is 21.3. The molecule has 4 aromatic rings. The van der Waals surface area contributed by atoms with E-state index in [0.717, 1.165) is 15.8 Å². The van der Waals surface area contributed by atoms with Gasteiger partial charge in [-0.25, -0.2) is 14.8 Å². The molecule has 3 N–H and O–H groups in total. The summed E-state index contributed by atoms with van der Waals surface area (Å²) in [5.74, 6) is 1.61. The van der Waals surface area contributed by atoms with Crippen LogP contribution in [0.2, 0.25) is 0 Å². The molecule has 0 fully saturated rings. The third-order valence-corrected chi connectivity index (χ3v) is 6.25. The van der Waals surface area contributed by atoms with Crippen LogP contribution in [0.4, 0.5) is 17.6 Å². The number of hydrogen-bond acceptors (Lipinski definition) is 10. The van der Waals surface area contributed by atoms with Gasteiger partial charge in [0.25, 0.3) is 5.56 Å². The third kappa shape index (κ3) is 5.02. The van der Waals surface area contributed by atoms with E-state index in [1.165, 1.54) is 23.4 Å². The number of nitrogens with zero attached hydrogens (tertiary/aromatic N) is 7. The Hall–Kier alpha value is -3.80. The van der Waals surface area contributed by atoms with Gasteiger partial charge in [0.2, 0.25) is 11.9 Å². The van der Waals surface area contributed by atoms with E-state index < -0.39 is 16.7 Å². The molecular formula is C23H27N9O2S. The van der Waals surface area contributed by atoms with Crippen molar-refractivity contribution in [3.8, 4) is 0 Å². The number of nitrogens with two attached hydrogens (primary N) is 1. The molecule has 0 bridgehead atoms. The van der Waals surface area contributed by atoms with Crippen LogP contribution in [0.5, 0.6) is 0 Å². The number of nitrogen functional groups attached to an aromatic ring is 1. The Balaban J connectivity index is 1.73. The van der Waals surface area contributed by atoms with Gasteiger partial charge in [0.05, 0.1) is 5.75 Å². The second kappa shape index (κ2) is 9.10. The molecule has 0 saturated heterocycles. The molecule has 35 heavy (non-hydrogen) atoms. The van der Waals surface area contributed by atoms with E-state index in [1.54, 1.807) is 7.05 Å². The normalized spacial score (nSPS) is 11.7. The number of nitrogens with one attached hydrogen (secondary N) is 1. The van der Waals surface area contributed by atoms with E-state index >= 15 is 0 Å². The second-order valence-electron chi connectivity index (χ2n) is 9.22. The highest BCUT2D eigenvalue weighted by Crippen LogP contribution is 2.29. The van der Waals surface area contributed by atoms with Crippen LogP contribution in [-0.4, -0.2) is 34.1 Å². The average molecular weight is 494 g/mol. The molecule has 0 spiro atoms. The molecule has 12 heteroatoms. The molecule has 11 nitrogen and oxygen atoms in total.